The number of aromatic nitrogens is 5. The molecule has 0 fully saturated rings. The Balaban J connectivity index is 1.52. The van der Waals surface area contributed by atoms with Crippen molar-refractivity contribution in [2.24, 2.45) is 7.05 Å². The van der Waals surface area contributed by atoms with Gasteiger partial charge in [0.25, 0.3) is 0 Å². The average Bonchev–Trinajstić information content (AvgIpc) is 3.36. The van der Waals surface area contributed by atoms with Crippen molar-refractivity contribution in [3.8, 4) is 16.9 Å². The van der Waals surface area contributed by atoms with E-state index >= 15 is 0 Å². The number of anilines is 2. The molecule has 0 unspecified atom stereocenters. The van der Waals surface area contributed by atoms with E-state index in [4.69, 9.17) is 4.98 Å². The predicted molar refractivity (Wildman–Crippen MR) is 115 cm³/mol. The Hall–Kier alpha value is -2.93. The zero-order valence-electron chi connectivity index (χ0n) is 16.8. The maximum absolute atomic E-state index is 4.74. The number of hydrogen-bond donors (Lipinski definition) is 1. The maximum atomic E-state index is 4.74. The lowest BCUT2D eigenvalue weighted by Crippen LogP contribution is -2.12. The Morgan fingerprint density at radius 3 is 2.46 bits per heavy atom. The fourth-order valence-corrected chi connectivity index (χ4v) is 3.62. The van der Waals surface area contributed by atoms with Gasteiger partial charge in [-0.2, -0.15) is 5.10 Å². The van der Waals surface area contributed by atoms with Gasteiger partial charge in [-0.25, -0.2) is 9.97 Å². The molecule has 28 heavy (non-hydrogen) atoms. The van der Waals surface area contributed by atoms with Crippen LogP contribution in [0, 0.1) is 6.92 Å². The number of nitrogens with zero attached hydrogens (tertiary/aromatic N) is 5. The molecule has 0 saturated carbocycles. The summed E-state index contributed by atoms with van der Waals surface area (Å²) >= 11 is 1.59. The van der Waals surface area contributed by atoms with E-state index in [1.807, 2.05) is 35.7 Å². The minimum atomic E-state index is 0.0151. The largest absolute Gasteiger partial charge is 0.316 e. The minimum Gasteiger partial charge on any atom is -0.316 e. The summed E-state index contributed by atoms with van der Waals surface area (Å²) in [5.41, 5.74) is 5.21. The third-order valence-electron chi connectivity index (χ3n) is 4.56. The summed E-state index contributed by atoms with van der Waals surface area (Å²) in [7, 11) is 1.95. The quantitative estimate of drug-likeness (QED) is 0.526. The van der Waals surface area contributed by atoms with E-state index in [0.717, 1.165) is 39.3 Å². The van der Waals surface area contributed by atoms with Crippen LogP contribution in [0.4, 0.5) is 10.9 Å². The lowest BCUT2D eigenvalue weighted by atomic mass is 9.92. The number of nitrogens with one attached hydrogen (secondary N) is 1. The summed E-state index contributed by atoms with van der Waals surface area (Å²) in [6.07, 6.45) is 3.84. The molecule has 0 aliphatic heterocycles. The Bertz CT molecular complexity index is 1090. The summed E-state index contributed by atoms with van der Waals surface area (Å²) in [6, 6.07) is 10.4. The molecule has 4 aromatic rings. The van der Waals surface area contributed by atoms with Crippen molar-refractivity contribution in [1.82, 2.24) is 24.3 Å². The van der Waals surface area contributed by atoms with Gasteiger partial charge in [0.2, 0.25) is 0 Å². The molecule has 6 nitrogen and oxygen atoms in total. The predicted octanol–water partition coefficient (Wildman–Crippen LogP) is 5.08. The van der Waals surface area contributed by atoms with Crippen LogP contribution in [0.1, 0.15) is 32.2 Å². The SMILES string of the molecule is Cc1cn(-c2ccc(-c3csc(Nc4cc(C(C)(C)C)nn4C)n3)cc2)cn1. The molecular weight excluding hydrogens is 368 g/mol. The van der Waals surface area contributed by atoms with E-state index in [0.29, 0.717) is 0 Å². The molecule has 0 radical (unpaired) electrons. The third kappa shape index (κ3) is 3.71. The molecule has 1 aromatic carbocycles. The molecule has 0 spiro atoms. The fraction of sp³-hybridized carbons (Fsp3) is 0.286. The zero-order valence-corrected chi connectivity index (χ0v) is 17.6. The van der Waals surface area contributed by atoms with Gasteiger partial charge in [0.05, 0.1) is 23.4 Å². The molecule has 1 N–H and O–H groups in total. The van der Waals surface area contributed by atoms with Crippen LogP contribution in [0.25, 0.3) is 16.9 Å². The molecule has 7 heteroatoms. The first-order valence-corrected chi connectivity index (χ1v) is 10.1. The van der Waals surface area contributed by atoms with Crippen molar-refractivity contribution in [3.63, 3.8) is 0 Å². The molecular formula is C21H24N6S. The summed E-state index contributed by atoms with van der Waals surface area (Å²) in [5, 5.41) is 10.9. The maximum Gasteiger partial charge on any atom is 0.188 e. The van der Waals surface area contributed by atoms with Crippen molar-refractivity contribution < 1.29 is 0 Å². The first-order chi connectivity index (χ1) is 13.3. The monoisotopic (exact) mass is 392 g/mol. The summed E-state index contributed by atoms with van der Waals surface area (Å²) in [5.74, 6) is 0.941. The van der Waals surface area contributed by atoms with Gasteiger partial charge in [0, 0.05) is 41.4 Å². The molecule has 0 aliphatic rings. The Labute approximate surface area is 168 Å². The van der Waals surface area contributed by atoms with Crippen molar-refractivity contribution in [3.05, 3.63) is 59.6 Å². The second kappa shape index (κ2) is 6.91. The zero-order chi connectivity index (χ0) is 19.9. The van der Waals surface area contributed by atoms with Gasteiger partial charge in [0.1, 0.15) is 5.82 Å². The molecule has 0 aliphatic carbocycles. The van der Waals surface area contributed by atoms with Crippen molar-refractivity contribution in [2.45, 2.75) is 33.1 Å². The highest BCUT2D eigenvalue weighted by molar-refractivity contribution is 7.14. The highest BCUT2D eigenvalue weighted by Crippen LogP contribution is 2.29. The second-order valence-electron chi connectivity index (χ2n) is 7.92. The van der Waals surface area contributed by atoms with Crippen LogP contribution in [0.15, 0.2) is 48.2 Å². The summed E-state index contributed by atoms with van der Waals surface area (Å²) in [4.78, 5) is 9.02. The number of rotatable bonds is 4. The fourth-order valence-electron chi connectivity index (χ4n) is 2.89. The average molecular weight is 393 g/mol. The Morgan fingerprint density at radius 1 is 1.11 bits per heavy atom. The van der Waals surface area contributed by atoms with Crippen LogP contribution in [0.3, 0.4) is 0 Å². The number of aryl methyl sites for hydroxylation is 2. The normalized spacial score (nSPS) is 11.8. The Kier molecular flexibility index (Phi) is 4.55. The summed E-state index contributed by atoms with van der Waals surface area (Å²) in [6.45, 7) is 8.47. The lowest BCUT2D eigenvalue weighted by Gasteiger charge is -2.13. The summed E-state index contributed by atoms with van der Waals surface area (Å²) < 4.78 is 3.88. The van der Waals surface area contributed by atoms with Gasteiger partial charge in [-0.1, -0.05) is 32.9 Å². The number of hydrogen-bond acceptors (Lipinski definition) is 5. The number of thiazole rings is 1. The van der Waals surface area contributed by atoms with Crippen LogP contribution in [0.2, 0.25) is 0 Å². The lowest BCUT2D eigenvalue weighted by molar-refractivity contribution is 0.553. The van der Waals surface area contributed by atoms with Crippen LogP contribution >= 0.6 is 11.3 Å². The van der Waals surface area contributed by atoms with Crippen molar-refractivity contribution >= 4 is 22.3 Å². The first kappa shape index (κ1) is 18.4. The van der Waals surface area contributed by atoms with E-state index in [1.165, 1.54) is 0 Å². The highest BCUT2D eigenvalue weighted by Gasteiger charge is 2.19. The molecule has 0 atom stereocenters. The van der Waals surface area contributed by atoms with Gasteiger partial charge >= 0.3 is 0 Å². The van der Waals surface area contributed by atoms with E-state index in [2.05, 4.69) is 71.9 Å². The third-order valence-corrected chi connectivity index (χ3v) is 5.32. The molecule has 0 saturated heterocycles. The van der Waals surface area contributed by atoms with Gasteiger partial charge < -0.3 is 9.88 Å². The molecule has 4 rings (SSSR count). The molecule has 0 amide bonds. The van der Waals surface area contributed by atoms with Gasteiger partial charge in [-0.3, -0.25) is 4.68 Å². The van der Waals surface area contributed by atoms with E-state index in [-0.39, 0.29) is 5.41 Å². The topological polar surface area (TPSA) is 60.6 Å². The minimum absolute atomic E-state index is 0.0151. The van der Waals surface area contributed by atoms with E-state index < -0.39 is 0 Å². The molecule has 144 valence electrons. The van der Waals surface area contributed by atoms with E-state index in [9.17, 15) is 0 Å². The van der Waals surface area contributed by atoms with Crippen LogP contribution in [-0.4, -0.2) is 24.3 Å². The smallest absolute Gasteiger partial charge is 0.188 e. The van der Waals surface area contributed by atoms with Crippen LogP contribution in [0.5, 0.6) is 0 Å². The Morgan fingerprint density at radius 2 is 1.86 bits per heavy atom. The van der Waals surface area contributed by atoms with Gasteiger partial charge in [0.15, 0.2) is 5.13 Å². The van der Waals surface area contributed by atoms with Crippen molar-refractivity contribution in [2.75, 3.05) is 5.32 Å². The standard InChI is InChI=1S/C21H24N6S/c1-14-11-27(13-22-14)16-8-6-15(7-9-16)17-12-28-20(23-17)24-19-10-18(21(2,3)4)25-26(19)5/h6-13H,1-5H3,(H,23,24). The molecule has 3 heterocycles. The number of benzene rings is 1. The molecule has 0 bridgehead atoms. The second-order valence-corrected chi connectivity index (χ2v) is 8.78. The van der Waals surface area contributed by atoms with Gasteiger partial charge in [-0.15, -0.1) is 11.3 Å². The van der Waals surface area contributed by atoms with Crippen LogP contribution in [-0.2, 0) is 12.5 Å². The van der Waals surface area contributed by atoms with Gasteiger partial charge in [-0.05, 0) is 19.1 Å². The first-order valence-electron chi connectivity index (χ1n) is 9.18. The molecule has 3 aromatic heterocycles. The van der Waals surface area contributed by atoms with Crippen molar-refractivity contribution in [1.29, 1.82) is 0 Å². The number of imidazole rings is 1. The van der Waals surface area contributed by atoms with Crippen LogP contribution < -0.4 is 5.32 Å². The van der Waals surface area contributed by atoms with E-state index in [1.54, 1.807) is 11.3 Å². The highest BCUT2D eigenvalue weighted by atomic mass is 32.1.